The zero-order valence-electron chi connectivity index (χ0n) is 18.8. The predicted molar refractivity (Wildman–Crippen MR) is 111 cm³/mol. The predicted octanol–water partition coefficient (Wildman–Crippen LogP) is 6.89. The molecule has 1 aliphatic heterocycles. The normalized spacial score (nSPS) is 21.9. The Morgan fingerprint density at radius 2 is 1.62 bits per heavy atom. The van der Waals surface area contributed by atoms with Gasteiger partial charge in [-0.2, -0.15) is 0 Å². The Hall–Kier alpha value is -1.18. The average molecular weight is 361 g/mol. The van der Waals surface area contributed by atoms with E-state index < -0.39 is 0 Å². The van der Waals surface area contributed by atoms with E-state index in [1.54, 1.807) is 0 Å². The molecule has 1 aromatic rings. The van der Waals surface area contributed by atoms with Crippen LogP contribution in [0.3, 0.4) is 0 Å². The van der Waals surface area contributed by atoms with E-state index in [4.69, 9.17) is 4.74 Å². The van der Waals surface area contributed by atoms with Crippen LogP contribution in [0.1, 0.15) is 90.0 Å². The molecule has 1 N–H and O–H groups in total. The number of rotatable bonds is 4. The minimum absolute atomic E-state index is 0.0936. The fourth-order valence-electron chi connectivity index (χ4n) is 4.00. The van der Waals surface area contributed by atoms with Crippen molar-refractivity contribution in [1.29, 1.82) is 0 Å². The van der Waals surface area contributed by atoms with Crippen LogP contribution in [0.25, 0.3) is 0 Å². The number of ether oxygens (including phenoxy) is 1. The first kappa shape index (κ1) is 21.1. The fraction of sp³-hybridized carbons (Fsp3) is 0.750. The summed E-state index contributed by atoms with van der Waals surface area (Å²) in [5.41, 5.74) is 4.48. The van der Waals surface area contributed by atoms with Crippen LogP contribution >= 0.6 is 0 Å². The van der Waals surface area contributed by atoms with Gasteiger partial charge in [-0.25, -0.2) is 0 Å². The summed E-state index contributed by atoms with van der Waals surface area (Å²) in [6.07, 6.45) is 4.35. The number of phenolic OH excluding ortho intramolecular Hbond substituents is 1. The van der Waals surface area contributed by atoms with Crippen LogP contribution in [0.2, 0.25) is 0 Å². The van der Waals surface area contributed by atoms with E-state index in [2.05, 4.69) is 55.4 Å². The topological polar surface area (TPSA) is 29.5 Å². The second-order valence-electron chi connectivity index (χ2n) is 10.6. The third kappa shape index (κ3) is 3.62. The Kier molecular flexibility index (Phi) is 5.50. The molecule has 0 radical (unpaired) electrons. The standard InChI is InChI=1S/C24H40O2/c1-15(22(5,6)7)11-13-23(8,9)24(10)14-12-19-18(4)20(25)16(2)17(3)21(19)26-24/h15,25H,11-14H2,1-10H3. The van der Waals surface area contributed by atoms with Crippen LogP contribution in [0.15, 0.2) is 0 Å². The van der Waals surface area contributed by atoms with E-state index in [0.717, 1.165) is 41.7 Å². The van der Waals surface area contributed by atoms with Crippen molar-refractivity contribution in [3.05, 3.63) is 22.3 Å². The van der Waals surface area contributed by atoms with E-state index in [-0.39, 0.29) is 11.0 Å². The maximum absolute atomic E-state index is 10.4. The maximum Gasteiger partial charge on any atom is 0.127 e. The second kappa shape index (κ2) is 6.77. The number of phenols is 1. The van der Waals surface area contributed by atoms with Gasteiger partial charge in [-0.3, -0.25) is 0 Å². The summed E-state index contributed by atoms with van der Waals surface area (Å²) in [7, 11) is 0. The smallest absolute Gasteiger partial charge is 0.127 e. The molecule has 148 valence electrons. The lowest BCUT2D eigenvalue weighted by atomic mass is 9.66. The number of benzene rings is 1. The Balaban J connectivity index is 2.29. The van der Waals surface area contributed by atoms with Crippen molar-refractivity contribution in [1.82, 2.24) is 0 Å². The van der Waals surface area contributed by atoms with Gasteiger partial charge in [-0.15, -0.1) is 0 Å². The van der Waals surface area contributed by atoms with Gasteiger partial charge in [0.25, 0.3) is 0 Å². The van der Waals surface area contributed by atoms with Crippen LogP contribution in [0.5, 0.6) is 11.5 Å². The molecule has 0 fully saturated rings. The largest absolute Gasteiger partial charge is 0.507 e. The lowest BCUT2D eigenvalue weighted by Gasteiger charge is -2.48. The molecule has 1 heterocycles. The molecular formula is C24H40O2. The van der Waals surface area contributed by atoms with Crippen molar-refractivity contribution >= 4 is 0 Å². The Morgan fingerprint density at radius 3 is 2.15 bits per heavy atom. The quantitative estimate of drug-likeness (QED) is 0.633. The molecular weight excluding hydrogens is 320 g/mol. The van der Waals surface area contributed by atoms with Gasteiger partial charge in [-0.05, 0) is 81.4 Å². The summed E-state index contributed by atoms with van der Waals surface area (Å²) in [5, 5.41) is 10.4. The molecule has 0 aromatic heterocycles. The minimum atomic E-state index is -0.182. The molecule has 1 aliphatic rings. The summed E-state index contributed by atoms with van der Waals surface area (Å²) in [6.45, 7) is 22.5. The summed E-state index contributed by atoms with van der Waals surface area (Å²) < 4.78 is 6.74. The molecule has 0 saturated heterocycles. The molecule has 2 unspecified atom stereocenters. The number of hydrogen-bond donors (Lipinski definition) is 1. The summed E-state index contributed by atoms with van der Waals surface area (Å²) in [5.74, 6) is 2.14. The molecule has 2 nitrogen and oxygen atoms in total. The SMILES string of the molecule is Cc1c(C)c2c(c(C)c1O)CCC(C)(C(C)(C)CCC(C)C(C)(C)C)O2. The van der Waals surface area contributed by atoms with Gasteiger partial charge in [0, 0.05) is 11.0 Å². The molecule has 0 amide bonds. The van der Waals surface area contributed by atoms with Crippen LogP contribution in [0, 0.1) is 37.5 Å². The third-order valence-corrected chi connectivity index (χ3v) is 7.63. The van der Waals surface area contributed by atoms with E-state index in [9.17, 15) is 5.11 Å². The van der Waals surface area contributed by atoms with Gasteiger partial charge in [-0.1, -0.05) is 41.5 Å². The average Bonchev–Trinajstić information content (AvgIpc) is 2.54. The zero-order chi connectivity index (χ0) is 20.1. The van der Waals surface area contributed by atoms with Crippen molar-refractivity contribution in [2.75, 3.05) is 0 Å². The Morgan fingerprint density at radius 1 is 1.04 bits per heavy atom. The maximum atomic E-state index is 10.4. The molecule has 2 heteroatoms. The molecule has 0 aliphatic carbocycles. The number of hydrogen-bond acceptors (Lipinski definition) is 2. The molecule has 2 rings (SSSR count). The first-order valence-corrected chi connectivity index (χ1v) is 10.2. The highest BCUT2D eigenvalue weighted by molar-refractivity contribution is 5.58. The molecule has 0 bridgehead atoms. The highest BCUT2D eigenvalue weighted by Gasteiger charge is 2.46. The van der Waals surface area contributed by atoms with Crippen molar-refractivity contribution < 1.29 is 9.84 Å². The van der Waals surface area contributed by atoms with E-state index >= 15 is 0 Å². The van der Waals surface area contributed by atoms with Crippen molar-refractivity contribution in [3.63, 3.8) is 0 Å². The summed E-state index contributed by atoms with van der Waals surface area (Å²) in [4.78, 5) is 0. The van der Waals surface area contributed by atoms with Gasteiger partial charge in [0.1, 0.15) is 17.1 Å². The second-order valence-corrected chi connectivity index (χ2v) is 10.6. The lowest BCUT2D eigenvalue weighted by molar-refractivity contribution is -0.0526. The molecule has 1 aromatic carbocycles. The van der Waals surface area contributed by atoms with Crippen molar-refractivity contribution in [2.24, 2.45) is 16.7 Å². The van der Waals surface area contributed by atoms with Gasteiger partial charge in [0.15, 0.2) is 0 Å². The molecule has 2 atom stereocenters. The van der Waals surface area contributed by atoms with Gasteiger partial charge < -0.3 is 9.84 Å². The van der Waals surface area contributed by atoms with Crippen LogP contribution in [-0.2, 0) is 6.42 Å². The molecule has 26 heavy (non-hydrogen) atoms. The molecule has 0 saturated carbocycles. The van der Waals surface area contributed by atoms with Crippen LogP contribution in [-0.4, -0.2) is 10.7 Å². The summed E-state index contributed by atoms with van der Waals surface area (Å²) >= 11 is 0. The van der Waals surface area contributed by atoms with Crippen LogP contribution in [0.4, 0.5) is 0 Å². The van der Waals surface area contributed by atoms with E-state index in [1.807, 2.05) is 13.8 Å². The van der Waals surface area contributed by atoms with Gasteiger partial charge >= 0.3 is 0 Å². The number of fused-ring (bicyclic) bond motifs is 1. The first-order chi connectivity index (χ1) is 11.7. The van der Waals surface area contributed by atoms with E-state index in [1.165, 1.54) is 12.0 Å². The van der Waals surface area contributed by atoms with Gasteiger partial charge in [0.05, 0.1) is 0 Å². The Labute approximate surface area is 161 Å². The molecule has 0 spiro atoms. The minimum Gasteiger partial charge on any atom is -0.507 e. The highest BCUT2D eigenvalue weighted by Crippen LogP contribution is 2.50. The lowest BCUT2D eigenvalue weighted by Crippen LogP contribution is -2.50. The zero-order valence-corrected chi connectivity index (χ0v) is 18.8. The Bertz CT molecular complexity index is 679. The van der Waals surface area contributed by atoms with Gasteiger partial charge in [0.2, 0.25) is 0 Å². The van der Waals surface area contributed by atoms with Crippen LogP contribution < -0.4 is 4.74 Å². The van der Waals surface area contributed by atoms with E-state index in [0.29, 0.717) is 17.1 Å². The highest BCUT2D eigenvalue weighted by atomic mass is 16.5. The summed E-state index contributed by atoms with van der Waals surface area (Å²) in [6, 6.07) is 0. The third-order valence-electron chi connectivity index (χ3n) is 7.63. The van der Waals surface area contributed by atoms with Crippen molar-refractivity contribution in [3.8, 4) is 11.5 Å². The number of aromatic hydroxyl groups is 1. The van der Waals surface area contributed by atoms with Crippen molar-refractivity contribution in [2.45, 2.75) is 101 Å². The first-order valence-electron chi connectivity index (χ1n) is 10.2. The fourth-order valence-corrected chi connectivity index (χ4v) is 4.00. The monoisotopic (exact) mass is 360 g/mol.